The maximum atomic E-state index is 4.85. The fraction of sp³-hybridized carbons (Fsp3) is 0.500. The van der Waals surface area contributed by atoms with Crippen LogP contribution in [0.4, 0.5) is 0 Å². The standard InChI is InChI=1S/3C2H7N2.Co.Zn.Zr/c3*3-1-2-4;;;/h3*1H,2-4H2;;;/q3*-1;;;. The predicted molar refractivity (Wildman–Crippen MR) is 52.6 cm³/mol. The molecule has 93 valence electrons. The molecule has 0 bridgehead atoms. The average molecular weight is 393 g/mol. The van der Waals surface area contributed by atoms with Gasteiger partial charge in [0.05, 0.1) is 0 Å². The zero-order valence-electron chi connectivity index (χ0n) is 8.86. The Morgan fingerprint density at radius 3 is 0.733 bits per heavy atom. The van der Waals surface area contributed by atoms with Crippen LogP contribution in [0.1, 0.15) is 0 Å². The third kappa shape index (κ3) is 131. The second kappa shape index (κ2) is 57.0. The minimum absolute atomic E-state index is 0. The molecule has 0 atom stereocenters. The van der Waals surface area contributed by atoms with Crippen LogP contribution in [0.5, 0.6) is 0 Å². The first-order chi connectivity index (χ1) is 5.74. The molecule has 12 N–H and O–H groups in total. The molecule has 1 radical (unpaired) electrons. The van der Waals surface area contributed by atoms with Gasteiger partial charge in [0.1, 0.15) is 0 Å². The topological polar surface area (TPSA) is 156 Å². The van der Waals surface area contributed by atoms with Crippen molar-refractivity contribution in [1.82, 2.24) is 0 Å². The number of rotatable bonds is 3. The van der Waals surface area contributed by atoms with Crippen molar-refractivity contribution in [3.05, 3.63) is 19.6 Å². The quantitative estimate of drug-likeness (QED) is 0.225. The maximum absolute atomic E-state index is 4.85. The summed E-state index contributed by atoms with van der Waals surface area (Å²) in [5, 5.41) is 0. The van der Waals surface area contributed by atoms with Gasteiger partial charge < -0.3 is 34.4 Å². The molecule has 0 aromatic heterocycles. The van der Waals surface area contributed by atoms with Crippen LogP contribution in [0, 0.1) is 19.6 Å². The molecule has 0 unspecified atom stereocenters. The van der Waals surface area contributed by atoms with Crippen LogP contribution >= 0.6 is 0 Å². The van der Waals surface area contributed by atoms with Crippen LogP contribution in [0.25, 0.3) is 0 Å². The summed E-state index contributed by atoms with van der Waals surface area (Å²) in [4.78, 5) is 0. The summed E-state index contributed by atoms with van der Waals surface area (Å²) < 4.78 is 0. The van der Waals surface area contributed by atoms with E-state index in [1.807, 2.05) is 0 Å². The van der Waals surface area contributed by atoms with Gasteiger partial charge in [-0.15, -0.1) is 19.6 Å². The van der Waals surface area contributed by atoms with E-state index < -0.39 is 0 Å². The van der Waals surface area contributed by atoms with Crippen molar-refractivity contribution in [3.8, 4) is 0 Å². The minimum atomic E-state index is 0. The normalized spacial score (nSPS) is 6.00. The molecule has 0 aliphatic rings. The first kappa shape index (κ1) is 36.0. The van der Waals surface area contributed by atoms with Gasteiger partial charge in [-0.25, -0.2) is 0 Å². The molecule has 0 amide bonds. The van der Waals surface area contributed by atoms with E-state index in [4.69, 9.17) is 34.4 Å². The van der Waals surface area contributed by atoms with E-state index in [1.165, 1.54) is 19.6 Å². The van der Waals surface area contributed by atoms with Crippen LogP contribution in [0.3, 0.4) is 0 Å². The van der Waals surface area contributed by atoms with Gasteiger partial charge in [0.2, 0.25) is 0 Å². The van der Waals surface area contributed by atoms with Crippen LogP contribution in [0.15, 0.2) is 0 Å². The molecule has 0 rings (SSSR count). The molecule has 0 aromatic rings. The summed E-state index contributed by atoms with van der Waals surface area (Å²) in [6.07, 6.45) is 0. The maximum Gasteiger partial charge on any atom is 0 e. The fourth-order valence-electron chi connectivity index (χ4n) is 0. The Morgan fingerprint density at radius 1 is 0.667 bits per heavy atom. The Labute approximate surface area is 135 Å². The molecule has 0 saturated carbocycles. The summed E-state index contributed by atoms with van der Waals surface area (Å²) in [6.45, 7) is 5.62. The first-order valence-electron chi connectivity index (χ1n) is 3.45. The van der Waals surface area contributed by atoms with Gasteiger partial charge in [-0.3, -0.25) is 19.6 Å². The van der Waals surface area contributed by atoms with Crippen LogP contribution < -0.4 is 34.4 Å². The third-order valence-corrected chi connectivity index (χ3v) is 0.408. The number of hydrogen-bond donors (Lipinski definition) is 6. The predicted octanol–water partition coefficient (Wildman–Crippen LogP) is -2.81. The Kier molecular flexibility index (Phi) is 137. The minimum Gasteiger partial charge on any atom is -0.482 e. The van der Waals surface area contributed by atoms with Crippen molar-refractivity contribution in [2.24, 2.45) is 34.4 Å². The zero-order chi connectivity index (χ0) is 10.2. The molecule has 0 spiro atoms. The van der Waals surface area contributed by atoms with Gasteiger partial charge in [0, 0.05) is 62.5 Å². The molecular weight excluding hydrogens is 372 g/mol. The van der Waals surface area contributed by atoms with Gasteiger partial charge in [-0.05, 0) is 0 Å². The van der Waals surface area contributed by atoms with E-state index in [0.717, 1.165) is 0 Å². The summed E-state index contributed by atoms with van der Waals surface area (Å²) >= 11 is 0. The van der Waals surface area contributed by atoms with Crippen LogP contribution in [-0.4, -0.2) is 19.6 Å². The van der Waals surface area contributed by atoms with E-state index in [9.17, 15) is 0 Å². The van der Waals surface area contributed by atoms with Gasteiger partial charge in [0.15, 0.2) is 0 Å². The molecule has 0 saturated heterocycles. The summed E-state index contributed by atoms with van der Waals surface area (Å²) in [7, 11) is 0. The second-order valence-corrected chi connectivity index (χ2v) is 1.41. The van der Waals surface area contributed by atoms with Gasteiger partial charge in [-0.1, -0.05) is 0 Å². The largest absolute Gasteiger partial charge is 0.482 e. The van der Waals surface area contributed by atoms with Crippen LogP contribution in [-0.2, 0) is 62.5 Å². The van der Waals surface area contributed by atoms with Gasteiger partial charge >= 0.3 is 0 Å². The third-order valence-electron chi connectivity index (χ3n) is 0.408. The molecule has 9 heteroatoms. The van der Waals surface area contributed by atoms with Crippen molar-refractivity contribution in [3.63, 3.8) is 0 Å². The van der Waals surface area contributed by atoms with E-state index >= 15 is 0 Å². The first-order valence-corrected chi connectivity index (χ1v) is 3.45. The average Bonchev–Trinajstić information content (AvgIpc) is 2.18. The van der Waals surface area contributed by atoms with E-state index in [0.29, 0.717) is 19.6 Å². The molecular formula is C6H21CoN6ZnZr-3. The van der Waals surface area contributed by atoms with Crippen molar-refractivity contribution in [1.29, 1.82) is 0 Å². The number of nitrogens with two attached hydrogens (primary N) is 6. The summed E-state index contributed by atoms with van der Waals surface area (Å²) in [6, 6.07) is 0. The molecule has 6 nitrogen and oxygen atoms in total. The molecule has 0 aromatic carbocycles. The fourth-order valence-corrected chi connectivity index (χ4v) is 0. The Balaban J connectivity index is -0.0000000184. The molecule has 15 heavy (non-hydrogen) atoms. The molecule has 0 aliphatic heterocycles. The summed E-state index contributed by atoms with van der Waals surface area (Å²) in [5.41, 5.74) is 28.9. The molecule has 0 aliphatic carbocycles. The number of hydrogen-bond acceptors (Lipinski definition) is 6. The second-order valence-electron chi connectivity index (χ2n) is 1.41. The Hall–Kier alpha value is 1.77. The summed E-state index contributed by atoms with van der Waals surface area (Å²) in [5.74, 6) is 0. The molecule has 0 heterocycles. The van der Waals surface area contributed by atoms with Crippen molar-refractivity contribution >= 4 is 0 Å². The van der Waals surface area contributed by atoms with E-state index in [-0.39, 0.29) is 62.5 Å². The van der Waals surface area contributed by atoms with E-state index in [2.05, 4.69) is 0 Å². The van der Waals surface area contributed by atoms with Crippen molar-refractivity contribution < 1.29 is 62.5 Å². The smallest absolute Gasteiger partial charge is 0 e. The van der Waals surface area contributed by atoms with Gasteiger partial charge in [-0.2, -0.15) is 0 Å². The van der Waals surface area contributed by atoms with Crippen molar-refractivity contribution in [2.75, 3.05) is 19.6 Å². The zero-order valence-corrected chi connectivity index (χ0v) is 15.3. The molecule has 0 fully saturated rings. The van der Waals surface area contributed by atoms with Crippen LogP contribution in [0.2, 0.25) is 0 Å². The Bertz CT molecular complexity index is 43.1. The van der Waals surface area contributed by atoms with Crippen molar-refractivity contribution in [2.45, 2.75) is 0 Å². The SMILES string of the molecule is N[CH-]CN.N[CH-]CN.N[CH-]CN.[Co].[Zn].[Zr]. The Morgan fingerprint density at radius 2 is 0.733 bits per heavy atom. The monoisotopic (exact) mass is 390 g/mol. The van der Waals surface area contributed by atoms with E-state index in [1.54, 1.807) is 0 Å². The van der Waals surface area contributed by atoms with Gasteiger partial charge in [0.25, 0.3) is 0 Å².